The van der Waals surface area contributed by atoms with Crippen molar-refractivity contribution in [2.75, 3.05) is 0 Å². The normalized spacial score (nSPS) is 20.2. The largest absolute Gasteiger partial charge is 0.508 e. The van der Waals surface area contributed by atoms with E-state index in [1.54, 1.807) is 6.07 Å². The van der Waals surface area contributed by atoms with Gasteiger partial charge in [0.2, 0.25) is 0 Å². The van der Waals surface area contributed by atoms with Gasteiger partial charge in [-0.05, 0) is 92.3 Å². The summed E-state index contributed by atoms with van der Waals surface area (Å²) in [5.41, 5.74) is 3.67. The number of Topliss-reactive ketones (excluding diaryl/α,β-unsaturated/α-hetero) is 2. The van der Waals surface area contributed by atoms with Crippen molar-refractivity contribution in [2.45, 2.75) is 103 Å². The van der Waals surface area contributed by atoms with Gasteiger partial charge in [-0.2, -0.15) is 0 Å². The lowest BCUT2D eigenvalue weighted by atomic mass is 9.89. The van der Waals surface area contributed by atoms with Gasteiger partial charge in [0.15, 0.2) is 0 Å². The molecule has 1 aromatic heterocycles. The van der Waals surface area contributed by atoms with Crippen molar-refractivity contribution in [3.05, 3.63) is 69.9 Å². The number of carbonyl (C=O) groups is 2. The van der Waals surface area contributed by atoms with Gasteiger partial charge in [-0.3, -0.25) is 14.6 Å². The van der Waals surface area contributed by atoms with E-state index in [-0.39, 0.29) is 23.4 Å². The molecule has 0 bridgehead atoms. The van der Waals surface area contributed by atoms with Crippen molar-refractivity contribution in [3.63, 3.8) is 0 Å². The van der Waals surface area contributed by atoms with Gasteiger partial charge in [-0.25, -0.2) is 0 Å². The Hall–Kier alpha value is -3.01. The molecule has 0 radical (unpaired) electrons. The number of fused-ring (bicyclic) bond motifs is 1. The molecule has 4 nitrogen and oxygen atoms in total. The van der Waals surface area contributed by atoms with Crippen LogP contribution in [-0.4, -0.2) is 21.7 Å². The Morgan fingerprint density at radius 3 is 2.67 bits per heavy atom. The zero-order valence-electron chi connectivity index (χ0n) is 23.8. The minimum absolute atomic E-state index is 0.0580. The highest BCUT2D eigenvalue weighted by atomic mass is 16.3. The van der Waals surface area contributed by atoms with Crippen LogP contribution in [0.3, 0.4) is 0 Å². The number of nitrogens with zero attached hydrogens (tertiary/aromatic N) is 1. The number of hydrogen-bond donors (Lipinski definition) is 1. The van der Waals surface area contributed by atoms with Crippen molar-refractivity contribution in [1.29, 1.82) is 0 Å². The number of phenols is 1. The predicted molar refractivity (Wildman–Crippen MR) is 159 cm³/mol. The molecule has 3 unspecified atom stereocenters. The maximum atomic E-state index is 12.9. The van der Waals surface area contributed by atoms with E-state index in [4.69, 9.17) is 4.98 Å². The van der Waals surface area contributed by atoms with Gasteiger partial charge in [0.1, 0.15) is 17.3 Å². The molecule has 0 amide bonds. The summed E-state index contributed by atoms with van der Waals surface area (Å²) in [6.45, 7) is 3.99. The lowest BCUT2D eigenvalue weighted by molar-refractivity contribution is -0.128. The molecule has 1 saturated carbocycles. The van der Waals surface area contributed by atoms with E-state index < -0.39 is 0 Å². The summed E-state index contributed by atoms with van der Waals surface area (Å²) in [6, 6.07) is 9.76. The summed E-state index contributed by atoms with van der Waals surface area (Å²) in [5.74, 6) is 1.42. The quantitative estimate of drug-likeness (QED) is 0.260. The van der Waals surface area contributed by atoms with Crippen molar-refractivity contribution < 1.29 is 14.7 Å². The number of pyridine rings is 1. The van der Waals surface area contributed by atoms with E-state index in [9.17, 15) is 14.7 Å². The van der Waals surface area contributed by atoms with Crippen molar-refractivity contribution in [1.82, 2.24) is 4.98 Å². The number of rotatable bonds is 11. The third kappa shape index (κ3) is 8.00. The topological polar surface area (TPSA) is 67.3 Å². The molecular weight excluding hydrogens is 482 g/mol. The fourth-order valence-corrected chi connectivity index (χ4v) is 6.15. The van der Waals surface area contributed by atoms with E-state index >= 15 is 0 Å². The molecule has 2 aliphatic carbocycles. The first-order valence-corrected chi connectivity index (χ1v) is 15.1. The Balaban J connectivity index is 1.37. The van der Waals surface area contributed by atoms with E-state index in [2.05, 4.69) is 24.3 Å². The summed E-state index contributed by atoms with van der Waals surface area (Å²) < 4.78 is 0. The van der Waals surface area contributed by atoms with Gasteiger partial charge < -0.3 is 5.11 Å². The first-order valence-electron chi connectivity index (χ1n) is 15.1. The molecular formula is C35H45NO3. The number of aromatic nitrogens is 1. The Labute approximate surface area is 234 Å². The van der Waals surface area contributed by atoms with Gasteiger partial charge in [0, 0.05) is 36.8 Å². The molecule has 39 heavy (non-hydrogen) atoms. The van der Waals surface area contributed by atoms with Gasteiger partial charge >= 0.3 is 0 Å². The lowest BCUT2D eigenvalue weighted by Crippen LogP contribution is -2.32. The van der Waals surface area contributed by atoms with Gasteiger partial charge in [0.05, 0.1) is 5.69 Å². The summed E-state index contributed by atoms with van der Waals surface area (Å²) in [6.07, 6.45) is 20.4. The zero-order valence-corrected chi connectivity index (χ0v) is 23.8. The highest BCUT2D eigenvalue weighted by Crippen LogP contribution is 2.33. The Kier molecular flexibility index (Phi) is 10.7. The van der Waals surface area contributed by atoms with Gasteiger partial charge in [-0.1, -0.05) is 62.3 Å². The standard InChI is InChI=1S/C35H45NO3/c1-3-25(2)32(37)21-22-34(39)29-13-8-14-30(20-19-29)35-31-15-7-10-26(17-18-27(31)23-24-36-35)9-6-12-28-11-4-5-16-33(28)38/h4-5,10-11,15-16,18,23-25,29-30,38H,3,6-9,12-14,17,19-22H2,1-2H3. The first kappa shape index (κ1) is 29.0. The van der Waals surface area contributed by atoms with Crippen LogP contribution in [0.5, 0.6) is 5.75 Å². The van der Waals surface area contributed by atoms with Crippen LogP contribution in [0, 0.1) is 11.8 Å². The smallest absolute Gasteiger partial charge is 0.136 e. The maximum Gasteiger partial charge on any atom is 0.136 e. The van der Waals surface area contributed by atoms with Crippen LogP contribution in [0.4, 0.5) is 0 Å². The molecule has 208 valence electrons. The molecule has 0 aliphatic heterocycles. The summed E-state index contributed by atoms with van der Waals surface area (Å²) in [5, 5.41) is 12.6. The third-order valence-electron chi connectivity index (χ3n) is 8.89. The average molecular weight is 528 g/mol. The minimum atomic E-state index is 0.0580. The molecule has 2 aromatic rings. The molecule has 4 heteroatoms. The molecule has 4 rings (SSSR count). The second kappa shape index (κ2) is 14.4. The number of benzene rings is 1. The molecule has 1 aromatic carbocycles. The van der Waals surface area contributed by atoms with E-state index in [0.29, 0.717) is 24.5 Å². The van der Waals surface area contributed by atoms with Crippen LogP contribution in [0.2, 0.25) is 0 Å². The second-order valence-electron chi connectivity index (χ2n) is 11.5. The molecule has 0 saturated heterocycles. The number of hydrogen-bond acceptors (Lipinski definition) is 4. The third-order valence-corrected chi connectivity index (χ3v) is 8.89. The molecule has 1 N–H and O–H groups in total. The SMILES string of the molecule is CCC(C)C(=O)CCC(=O)C1CCCC(c2nccc3c2=CCC=C(CCCc2ccccc2O)CC=3)CC1. The van der Waals surface area contributed by atoms with Crippen LogP contribution >= 0.6 is 0 Å². The van der Waals surface area contributed by atoms with E-state index in [1.807, 2.05) is 38.2 Å². The van der Waals surface area contributed by atoms with Crippen LogP contribution < -0.4 is 10.4 Å². The minimum Gasteiger partial charge on any atom is -0.508 e. The number of phenolic OH excluding ortho intramolecular Hbond substituents is 1. The Morgan fingerprint density at radius 1 is 1.00 bits per heavy atom. The van der Waals surface area contributed by atoms with Crippen molar-refractivity contribution in [2.24, 2.45) is 11.8 Å². The second-order valence-corrected chi connectivity index (χ2v) is 11.5. The monoisotopic (exact) mass is 527 g/mol. The Morgan fingerprint density at radius 2 is 1.85 bits per heavy atom. The molecule has 1 fully saturated rings. The molecule has 0 spiro atoms. The van der Waals surface area contributed by atoms with Gasteiger partial charge in [0.25, 0.3) is 0 Å². The molecule has 2 aliphatic rings. The summed E-state index contributed by atoms with van der Waals surface area (Å²) in [4.78, 5) is 30.0. The van der Waals surface area contributed by atoms with Crippen molar-refractivity contribution >= 4 is 23.7 Å². The zero-order chi connectivity index (χ0) is 27.6. The predicted octanol–water partition coefficient (Wildman–Crippen LogP) is 6.72. The highest BCUT2D eigenvalue weighted by Gasteiger charge is 2.26. The Bertz CT molecular complexity index is 1290. The molecule has 3 atom stereocenters. The number of aryl methyl sites for hydroxylation is 1. The summed E-state index contributed by atoms with van der Waals surface area (Å²) >= 11 is 0. The summed E-state index contributed by atoms with van der Waals surface area (Å²) in [7, 11) is 0. The number of ketones is 2. The number of para-hydroxylation sites is 1. The fraction of sp³-hybridized carbons (Fsp3) is 0.514. The fourth-order valence-electron chi connectivity index (χ4n) is 6.15. The first-order chi connectivity index (χ1) is 19.0. The lowest BCUT2D eigenvalue weighted by Gasteiger charge is -2.16. The van der Waals surface area contributed by atoms with Crippen LogP contribution in [0.15, 0.2) is 48.2 Å². The maximum absolute atomic E-state index is 12.9. The highest BCUT2D eigenvalue weighted by molar-refractivity contribution is 5.88. The van der Waals surface area contributed by atoms with Crippen molar-refractivity contribution in [3.8, 4) is 5.75 Å². The van der Waals surface area contributed by atoms with Crippen LogP contribution in [0.1, 0.15) is 108 Å². The number of aromatic hydroxyl groups is 1. The average Bonchev–Trinajstić information content (AvgIpc) is 3.20. The molecule has 1 heterocycles. The number of allylic oxidation sites excluding steroid dienone is 2. The number of carbonyl (C=O) groups excluding carboxylic acids is 2. The van der Waals surface area contributed by atoms with E-state index in [0.717, 1.165) is 76.2 Å². The van der Waals surface area contributed by atoms with E-state index in [1.165, 1.54) is 21.7 Å². The van der Waals surface area contributed by atoms with Crippen LogP contribution in [-0.2, 0) is 16.0 Å². The van der Waals surface area contributed by atoms with Crippen LogP contribution in [0.25, 0.3) is 12.2 Å². The van der Waals surface area contributed by atoms with Gasteiger partial charge in [-0.15, -0.1) is 0 Å².